The highest BCUT2D eigenvalue weighted by Crippen LogP contribution is 2.28. The predicted octanol–water partition coefficient (Wildman–Crippen LogP) is 3.97. The van der Waals surface area contributed by atoms with Gasteiger partial charge in [-0.2, -0.15) is 0 Å². The van der Waals surface area contributed by atoms with Crippen molar-refractivity contribution in [2.24, 2.45) is 0 Å². The Kier molecular flexibility index (Phi) is 9.88. The molecule has 0 radical (unpaired) electrons. The van der Waals surface area contributed by atoms with Gasteiger partial charge < -0.3 is 19.7 Å². The Labute approximate surface area is 185 Å². The van der Waals surface area contributed by atoms with Crippen molar-refractivity contribution in [3.8, 4) is 11.5 Å². The van der Waals surface area contributed by atoms with Crippen molar-refractivity contribution in [1.82, 2.24) is 10.2 Å². The lowest BCUT2D eigenvalue weighted by Crippen LogP contribution is -2.49. The molecule has 0 saturated heterocycles. The van der Waals surface area contributed by atoms with E-state index in [0.29, 0.717) is 43.9 Å². The van der Waals surface area contributed by atoms with Crippen molar-refractivity contribution in [3.05, 3.63) is 59.7 Å². The molecule has 0 aliphatic carbocycles. The number of aryl methyl sites for hydroxylation is 1. The summed E-state index contributed by atoms with van der Waals surface area (Å²) in [5.41, 5.74) is 1.98. The zero-order chi connectivity index (χ0) is 22.6. The van der Waals surface area contributed by atoms with Gasteiger partial charge in [-0.25, -0.2) is 0 Å². The summed E-state index contributed by atoms with van der Waals surface area (Å²) in [4.78, 5) is 27.7. The molecule has 2 aromatic carbocycles. The number of nitrogens with zero attached hydrogens (tertiary/aromatic N) is 1. The number of ether oxygens (including phenoxy) is 2. The number of benzene rings is 2. The normalized spacial score (nSPS) is 11.5. The fourth-order valence-corrected chi connectivity index (χ4v) is 3.50. The van der Waals surface area contributed by atoms with Gasteiger partial charge >= 0.3 is 0 Å². The molecule has 1 N–H and O–H groups in total. The zero-order valence-electron chi connectivity index (χ0n) is 19.0. The third kappa shape index (κ3) is 7.02. The lowest BCUT2D eigenvalue weighted by atomic mass is 10.1. The second-order valence-corrected chi connectivity index (χ2v) is 7.41. The smallest absolute Gasteiger partial charge is 0.242 e. The molecule has 1 atom stereocenters. The van der Waals surface area contributed by atoms with Gasteiger partial charge in [-0.1, -0.05) is 50.2 Å². The number of nitrogens with one attached hydrogen (secondary N) is 1. The molecule has 0 heterocycles. The highest BCUT2D eigenvalue weighted by Gasteiger charge is 2.28. The summed E-state index contributed by atoms with van der Waals surface area (Å²) in [6, 6.07) is 15.0. The minimum Gasteiger partial charge on any atom is -0.493 e. The predicted molar refractivity (Wildman–Crippen MR) is 122 cm³/mol. The van der Waals surface area contributed by atoms with Crippen LogP contribution >= 0.6 is 0 Å². The molecule has 2 amide bonds. The fourth-order valence-electron chi connectivity index (χ4n) is 3.50. The number of rotatable bonds is 12. The van der Waals surface area contributed by atoms with E-state index in [0.717, 1.165) is 17.5 Å². The highest BCUT2D eigenvalue weighted by atomic mass is 16.5. The van der Waals surface area contributed by atoms with Crippen LogP contribution in [0.15, 0.2) is 48.5 Å². The number of hydrogen-bond donors (Lipinski definition) is 1. The van der Waals surface area contributed by atoms with Crippen molar-refractivity contribution in [2.45, 2.75) is 52.1 Å². The SMILES string of the molecule is CCCNC(=O)[C@H](CC)N(Cc1ccccc1)C(=O)CCc1ccc(OC)c(OC)c1. The minimum atomic E-state index is -0.496. The summed E-state index contributed by atoms with van der Waals surface area (Å²) < 4.78 is 10.6. The number of carbonyl (C=O) groups excluding carboxylic acids is 2. The number of carbonyl (C=O) groups is 2. The molecule has 168 valence electrons. The standard InChI is InChI=1S/C25H34N2O4/c1-5-16-26-25(29)21(6-2)27(18-20-10-8-7-9-11-20)24(28)15-13-19-12-14-22(30-3)23(17-19)31-4/h7-12,14,17,21H,5-6,13,15-16,18H2,1-4H3,(H,26,29)/t21-/m0/s1. The number of hydrogen-bond acceptors (Lipinski definition) is 4. The van der Waals surface area contributed by atoms with Gasteiger partial charge in [0.2, 0.25) is 11.8 Å². The van der Waals surface area contributed by atoms with Gasteiger partial charge in [-0.3, -0.25) is 9.59 Å². The first-order chi connectivity index (χ1) is 15.0. The van der Waals surface area contributed by atoms with E-state index in [4.69, 9.17) is 9.47 Å². The van der Waals surface area contributed by atoms with Crippen LogP contribution in [0.2, 0.25) is 0 Å². The highest BCUT2D eigenvalue weighted by molar-refractivity contribution is 5.87. The molecule has 0 bridgehead atoms. The van der Waals surface area contributed by atoms with Gasteiger partial charge in [0.25, 0.3) is 0 Å². The van der Waals surface area contributed by atoms with Crippen LogP contribution < -0.4 is 14.8 Å². The van der Waals surface area contributed by atoms with Crippen LogP contribution in [0.1, 0.15) is 44.2 Å². The maximum atomic E-state index is 13.3. The van der Waals surface area contributed by atoms with E-state index in [2.05, 4.69) is 5.32 Å². The fraction of sp³-hybridized carbons (Fsp3) is 0.440. The van der Waals surface area contributed by atoms with Gasteiger partial charge in [-0.05, 0) is 42.5 Å². The Morgan fingerprint density at radius 1 is 0.968 bits per heavy atom. The Morgan fingerprint density at radius 3 is 2.29 bits per heavy atom. The van der Waals surface area contributed by atoms with Gasteiger partial charge in [0.15, 0.2) is 11.5 Å². The van der Waals surface area contributed by atoms with Crippen LogP contribution in [-0.4, -0.2) is 43.5 Å². The zero-order valence-corrected chi connectivity index (χ0v) is 19.0. The van der Waals surface area contributed by atoms with Crippen LogP contribution in [0, 0.1) is 0 Å². The molecule has 0 fully saturated rings. The molecule has 0 unspecified atom stereocenters. The van der Waals surface area contributed by atoms with Crippen molar-refractivity contribution >= 4 is 11.8 Å². The Balaban J connectivity index is 2.17. The monoisotopic (exact) mass is 426 g/mol. The van der Waals surface area contributed by atoms with Crippen molar-refractivity contribution in [3.63, 3.8) is 0 Å². The first-order valence-corrected chi connectivity index (χ1v) is 10.9. The van der Waals surface area contributed by atoms with Crippen molar-refractivity contribution < 1.29 is 19.1 Å². The van der Waals surface area contributed by atoms with E-state index in [1.165, 1.54) is 0 Å². The summed E-state index contributed by atoms with van der Waals surface area (Å²) in [6.07, 6.45) is 2.27. The Bertz CT molecular complexity index is 839. The molecule has 0 aliphatic heterocycles. The second kappa shape index (κ2) is 12.6. The molecular weight excluding hydrogens is 392 g/mol. The molecule has 0 saturated carbocycles. The lowest BCUT2D eigenvalue weighted by Gasteiger charge is -2.30. The Morgan fingerprint density at radius 2 is 1.68 bits per heavy atom. The second-order valence-electron chi connectivity index (χ2n) is 7.41. The van der Waals surface area contributed by atoms with Crippen LogP contribution in [0.3, 0.4) is 0 Å². The van der Waals surface area contributed by atoms with E-state index in [-0.39, 0.29) is 11.8 Å². The molecule has 0 aromatic heterocycles. The summed E-state index contributed by atoms with van der Waals surface area (Å²) in [6.45, 7) is 4.96. The van der Waals surface area contributed by atoms with Gasteiger partial charge in [0.05, 0.1) is 14.2 Å². The van der Waals surface area contributed by atoms with E-state index >= 15 is 0 Å². The largest absolute Gasteiger partial charge is 0.493 e. The van der Waals surface area contributed by atoms with E-state index in [9.17, 15) is 9.59 Å². The average molecular weight is 427 g/mol. The average Bonchev–Trinajstić information content (AvgIpc) is 2.81. The van der Waals surface area contributed by atoms with Gasteiger partial charge in [0.1, 0.15) is 6.04 Å². The molecule has 6 nitrogen and oxygen atoms in total. The molecule has 2 rings (SSSR count). The molecular formula is C25H34N2O4. The summed E-state index contributed by atoms with van der Waals surface area (Å²) in [7, 11) is 3.19. The molecule has 0 spiro atoms. The third-order valence-electron chi connectivity index (χ3n) is 5.21. The molecule has 2 aromatic rings. The van der Waals surface area contributed by atoms with Gasteiger partial charge in [0, 0.05) is 19.5 Å². The first kappa shape index (κ1) is 24.3. The van der Waals surface area contributed by atoms with Crippen LogP contribution in [0.25, 0.3) is 0 Å². The van der Waals surface area contributed by atoms with Crippen molar-refractivity contribution in [1.29, 1.82) is 0 Å². The summed E-state index contributed by atoms with van der Waals surface area (Å²) in [5, 5.41) is 2.94. The number of amides is 2. The minimum absolute atomic E-state index is 0.0443. The number of methoxy groups -OCH3 is 2. The van der Waals surface area contributed by atoms with Crippen molar-refractivity contribution in [2.75, 3.05) is 20.8 Å². The first-order valence-electron chi connectivity index (χ1n) is 10.9. The topological polar surface area (TPSA) is 67.9 Å². The van der Waals surface area contributed by atoms with Crippen LogP contribution in [-0.2, 0) is 22.6 Å². The summed E-state index contributed by atoms with van der Waals surface area (Å²) >= 11 is 0. The maximum Gasteiger partial charge on any atom is 0.242 e. The molecule has 31 heavy (non-hydrogen) atoms. The molecule has 6 heteroatoms. The van der Waals surface area contributed by atoms with E-state index in [1.54, 1.807) is 19.1 Å². The third-order valence-corrected chi connectivity index (χ3v) is 5.21. The van der Waals surface area contributed by atoms with E-state index < -0.39 is 6.04 Å². The lowest BCUT2D eigenvalue weighted by molar-refractivity contribution is -0.141. The van der Waals surface area contributed by atoms with E-state index in [1.807, 2.05) is 62.4 Å². The maximum absolute atomic E-state index is 13.3. The quantitative estimate of drug-likeness (QED) is 0.558. The summed E-state index contributed by atoms with van der Waals surface area (Å²) in [5.74, 6) is 1.15. The molecule has 0 aliphatic rings. The van der Waals surface area contributed by atoms with Crippen LogP contribution in [0.4, 0.5) is 0 Å². The Hall–Kier alpha value is -3.02. The van der Waals surface area contributed by atoms with Gasteiger partial charge in [-0.15, -0.1) is 0 Å². The van der Waals surface area contributed by atoms with Crippen LogP contribution in [0.5, 0.6) is 11.5 Å².